The highest BCUT2D eigenvalue weighted by molar-refractivity contribution is 7.09. The van der Waals surface area contributed by atoms with Crippen LogP contribution in [0.5, 0.6) is 5.75 Å². The van der Waals surface area contributed by atoms with Crippen LogP contribution in [0.1, 0.15) is 10.7 Å². The fourth-order valence-corrected chi connectivity index (χ4v) is 2.13. The van der Waals surface area contributed by atoms with E-state index in [2.05, 4.69) is 10.3 Å². The summed E-state index contributed by atoms with van der Waals surface area (Å²) in [6.45, 7) is 1.17. The second-order valence-corrected chi connectivity index (χ2v) is 4.45. The lowest BCUT2D eigenvalue weighted by atomic mass is 10.3. The van der Waals surface area contributed by atoms with Crippen LogP contribution in [0.2, 0.25) is 0 Å². The molecule has 0 atom stereocenters. The molecule has 90 valence electrons. The first-order valence-electron chi connectivity index (χ1n) is 5.24. The maximum atomic E-state index is 12.7. The fourth-order valence-electron chi connectivity index (χ4n) is 1.34. The Bertz CT molecular complexity index is 470. The largest absolute Gasteiger partial charge is 0.487 e. The van der Waals surface area contributed by atoms with Gasteiger partial charge in [0.1, 0.15) is 23.2 Å². The lowest BCUT2D eigenvalue weighted by molar-refractivity contribution is 0.301. The van der Waals surface area contributed by atoms with Crippen molar-refractivity contribution in [3.63, 3.8) is 0 Å². The van der Waals surface area contributed by atoms with E-state index in [1.807, 2.05) is 12.4 Å². The molecule has 0 amide bonds. The third-order valence-electron chi connectivity index (χ3n) is 2.13. The molecule has 0 bridgehead atoms. The minimum Gasteiger partial charge on any atom is -0.487 e. The predicted molar refractivity (Wildman–Crippen MR) is 65.6 cm³/mol. The molecule has 5 heteroatoms. The van der Waals surface area contributed by atoms with Gasteiger partial charge in [0.2, 0.25) is 0 Å². The molecule has 0 fully saturated rings. The van der Waals surface area contributed by atoms with Gasteiger partial charge in [-0.05, 0) is 31.3 Å². The lowest BCUT2D eigenvalue weighted by Gasteiger charge is -2.03. The van der Waals surface area contributed by atoms with Gasteiger partial charge in [-0.3, -0.25) is 0 Å². The van der Waals surface area contributed by atoms with Gasteiger partial charge in [0.15, 0.2) is 0 Å². The van der Waals surface area contributed by atoms with Crippen molar-refractivity contribution in [2.45, 2.75) is 13.2 Å². The van der Waals surface area contributed by atoms with Crippen LogP contribution in [0, 0.1) is 5.82 Å². The highest BCUT2D eigenvalue weighted by Gasteiger charge is 2.02. The number of rotatable bonds is 5. The zero-order valence-corrected chi connectivity index (χ0v) is 10.3. The van der Waals surface area contributed by atoms with Crippen molar-refractivity contribution >= 4 is 11.3 Å². The van der Waals surface area contributed by atoms with Crippen LogP contribution in [0.15, 0.2) is 29.6 Å². The van der Waals surface area contributed by atoms with Crippen molar-refractivity contribution in [1.29, 1.82) is 0 Å². The number of nitrogens with zero attached hydrogens (tertiary/aromatic N) is 1. The number of benzene rings is 1. The summed E-state index contributed by atoms with van der Waals surface area (Å²) in [5.41, 5.74) is 0.893. The Morgan fingerprint density at radius 1 is 1.35 bits per heavy atom. The summed E-state index contributed by atoms with van der Waals surface area (Å²) in [6.07, 6.45) is 0. The van der Waals surface area contributed by atoms with Crippen molar-refractivity contribution < 1.29 is 9.13 Å². The normalized spacial score (nSPS) is 10.5. The predicted octanol–water partition coefficient (Wildman–Crippen LogP) is 2.58. The van der Waals surface area contributed by atoms with E-state index in [4.69, 9.17) is 4.74 Å². The number of thiazole rings is 1. The van der Waals surface area contributed by atoms with Crippen LogP contribution in [-0.2, 0) is 13.2 Å². The van der Waals surface area contributed by atoms with Gasteiger partial charge in [0, 0.05) is 11.9 Å². The molecular weight excluding hydrogens is 239 g/mol. The molecular formula is C12H13FN2OS. The van der Waals surface area contributed by atoms with Crippen molar-refractivity contribution in [2.75, 3.05) is 7.05 Å². The van der Waals surface area contributed by atoms with Gasteiger partial charge in [-0.25, -0.2) is 9.37 Å². The molecule has 3 nitrogen and oxygen atoms in total. The molecule has 0 unspecified atom stereocenters. The third kappa shape index (κ3) is 3.51. The van der Waals surface area contributed by atoms with E-state index >= 15 is 0 Å². The fraction of sp³-hybridized carbons (Fsp3) is 0.250. The Labute approximate surface area is 103 Å². The molecule has 2 aromatic rings. The monoisotopic (exact) mass is 252 g/mol. The van der Waals surface area contributed by atoms with Crippen LogP contribution in [0.4, 0.5) is 4.39 Å². The molecule has 0 saturated carbocycles. The van der Waals surface area contributed by atoms with E-state index in [1.165, 1.54) is 12.1 Å². The topological polar surface area (TPSA) is 34.2 Å². The van der Waals surface area contributed by atoms with Gasteiger partial charge in [-0.2, -0.15) is 0 Å². The van der Waals surface area contributed by atoms with Crippen molar-refractivity contribution in [2.24, 2.45) is 0 Å². The minimum absolute atomic E-state index is 0.262. The summed E-state index contributed by atoms with van der Waals surface area (Å²) < 4.78 is 18.2. The lowest BCUT2D eigenvalue weighted by Crippen LogP contribution is -2.05. The third-order valence-corrected chi connectivity index (χ3v) is 3.03. The first-order valence-corrected chi connectivity index (χ1v) is 6.12. The van der Waals surface area contributed by atoms with E-state index in [-0.39, 0.29) is 5.82 Å². The Morgan fingerprint density at radius 3 is 2.82 bits per heavy atom. The zero-order chi connectivity index (χ0) is 12.1. The molecule has 0 aliphatic carbocycles. The zero-order valence-electron chi connectivity index (χ0n) is 9.44. The first-order chi connectivity index (χ1) is 8.28. The summed E-state index contributed by atoms with van der Waals surface area (Å²) >= 11 is 1.60. The average Bonchev–Trinajstić information content (AvgIpc) is 2.77. The maximum absolute atomic E-state index is 12.7. The second kappa shape index (κ2) is 5.75. The SMILES string of the molecule is CNCc1nc(COc2ccc(F)cc2)cs1. The summed E-state index contributed by atoms with van der Waals surface area (Å²) in [7, 11) is 1.89. The highest BCUT2D eigenvalue weighted by atomic mass is 32.1. The van der Waals surface area contributed by atoms with Gasteiger partial charge >= 0.3 is 0 Å². The average molecular weight is 252 g/mol. The smallest absolute Gasteiger partial charge is 0.131 e. The van der Waals surface area contributed by atoms with Crippen LogP contribution < -0.4 is 10.1 Å². The number of halogens is 1. The molecule has 17 heavy (non-hydrogen) atoms. The summed E-state index contributed by atoms with van der Waals surface area (Å²) in [6, 6.07) is 5.97. The minimum atomic E-state index is -0.262. The van der Waals surface area contributed by atoms with Gasteiger partial charge < -0.3 is 10.1 Å². The highest BCUT2D eigenvalue weighted by Crippen LogP contribution is 2.15. The number of nitrogens with one attached hydrogen (secondary N) is 1. The second-order valence-electron chi connectivity index (χ2n) is 3.51. The number of ether oxygens (including phenoxy) is 1. The van der Waals surface area contributed by atoms with Crippen LogP contribution >= 0.6 is 11.3 Å². The standard InChI is InChI=1S/C12H13FN2OS/c1-14-6-12-15-10(8-17-12)7-16-11-4-2-9(13)3-5-11/h2-5,8,14H,6-7H2,1H3. The molecule has 2 rings (SSSR count). The van der Waals surface area contributed by atoms with Crippen LogP contribution in [-0.4, -0.2) is 12.0 Å². The quantitative estimate of drug-likeness (QED) is 0.888. The Kier molecular flexibility index (Phi) is 4.06. The Hall–Kier alpha value is -1.46. The summed E-state index contributed by atoms with van der Waals surface area (Å²) in [5, 5.41) is 6.04. The van der Waals surface area contributed by atoms with E-state index < -0.39 is 0 Å². The molecule has 0 aliphatic heterocycles. The molecule has 1 heterocycles. The van der Waals surface area contributed by atoms with E-state index in [0.717, 1.165) is 17.2 Å². The molecule has 1 N–H and O–H groups in total. The molecule has 0 spiro atoms. The molecule has 0 saturated heterocycles. The molecule has 0 radical (unpaired) electrons. The molecule has 0 aliphatic rings. The summed E-state index contributed by atoms with van der Waals surface area (Å²) in [5.74, 6) is 0.386. The Balaban J connectivity index is 1.90. The van der Waals surface area contributed by atoms with Crippen molar-refractivity contribution in [1.82, 2.24) is 10.3 Å². The van der Waals surface area contributed by atoms with Gasteiger partial charge in [-0.15, -0.1) is 11.3 Å². The van der Waals surface area contributed by atoms with E-state index in [0.29, 0.717) is 12.4 Å². The van der Waals surface area contributed by atoms with E-state index in [9.17, 15) is 4.39 Å². The van der Waals surface area contributed by atoms with Gasteiger partial charge in [-0.1, -0.05) is 0 Å². The van der Waals surface area contributed by atoms with Crippen LogP contribution in [0.25, 0.3) is 0 Å². The van der Waals surface area contributed by atoms with Gasteiger partial charge in [0.25, 0.3) is 0 Å². The Morgan fingerprint density at radius 2 is 2.12 bits per heavy atom. The summed E-state index contributed by atoms with van der Waals surface area (Å²) in [4.78, 5) is 4.39. The first kappa shape index (κ1) is 12.0. The van der Waals surface area contributed by atoms with Crippen molar-refractivity contribution in [3.8, 4) is 5.75 Å². The maximum Gasteiger partial charge on any atom is 0.131 e. The molecule has 1 aromatic carbocycles. The number of aromatic nitrogens is 1. The van der Waals surface area contributed by atoms with E-state index in [1.54, 1.807) is 23.5 Å². The van der Waals surface area contributed by atoms with Crippen LogP contribution in [0.3, 0.4) is 0 Å². The van der Waals surface area contributed by atoms with Crippen molar-refractivity contribution in [3.05, 3.63) is 46.2 Å². The van der Waals surface area contributed by atoms with Gasteiger partial charge in [0.05, 0.1) is 5.69 Å². The number of hydrogen-bond acceptors (Lipinski definition) is 4. The number of hydrogen-bond donors (Lipinski definition) is 1. The molecule has 1 aromatic heterocycles.